The number of nitrogens with one attached hydrogen (secondary N) is 1. The summed E-state index contributed by atoms with van der Waals surface area (Å²) < 4.78 is 0. The van der Waals surface area contributed by atoms with E-state index in [0.717, 1.165) is 0 Å². The number of carbonyl (C=O) groups is 2. The first kappa shape index (κ1) is 14.0. The Morgan fingerprint density at radius 2 is 2.05 bits per heavy atom. The Kier molecular flexibility index (Phi) is 4.21. The fourth-order valence-electron chi connectivity index (χ4n) is 2.11. The van der Waals surface area contributed by atoms with Crippen LogP contribution in [-0.2, 0) is 4.79 Å². The lowest BCUT2D eigenvalue weighted by atomic mass is 10.1. The molecular formula is C11H11Cl2N3O3. The monoisotopic (exact) mass is 303 g/mol. The number of hydrogen-bond acceptors (Lipinski definition) is 4. The lowest BCUT2D eigenvalue weighted by molar-refractivity contribution is -0.141. The molecule has 1 aromatic heterocycles. The number of carboxylic acids is 1. The number of rotatable bonds is 3. The molecule has 102 valence electrons. The summed E-state index contributed by atoms with van der Waals surface area (Å²) in [5.74, 6) is -1.65. The van der Waals surface area contributed by atoms with Crippen LogP contribution >= 0.6 is 23.2 Å². The standard InChI is InChI=1S/C11H11Cl2N3O3/c12-8-4-7(9(13)16-15-8)10(17)14-6-2-1-5(3-6)11(18)19/h4-6H,1-3H2,(H,14,17)(H,18,19)/t5-,6+/m1/s1. The summed E-state index contributed by atoms with van der Waals surface area (Å²) in [6.07, 6.45) is 1.61. The predicted molar refractivity (Wildman–Crippen MR) is 68.3 cm³/mol. The average molecular weight is 304 g/mol. The van der Waals surface area contributed by atoms with Crippen LogP contribution in [0.4, 0.5) is 0 Å². The lowest BCUT2D eigenvalue weighted by Gasteiger charge is -2.12. The number of amides is 1. The Morgan fingerprint density at radius 3 is 2.68 bits per heavy atom. The molecule has 1 amide bonds. The van der Waals surface area contributed by atoms with Crippen molar-refractivity contribution in [2.45, 2.75) is 25.3 Å². The van der Waals surface area contributed by atoms with Gasteiger partial charge in [-0.2, -0.15) is 0 Å². The van der Waals surface area contributed by atoms with Crippen molar-refractivity contribution in [1.82, 2.24) is 15.5 Å². The van der Waals surface area contributed by atoms with Crippen LogP contribution in [0.1, 0.15) is 29.6 Å². The van der Waals surface area contributed by atoms with E-state index in [2.05, 4.69) is 15.5 Å². The first-order chi connectivity index (χ1) is 8.97. The summed E-state index contributed by atoms with van der Waals surface area (Å²) in [4.78, 5) is 22.8. The van der Waals surface area contributed by atoms with Gasteiger partial charge in [-0.05, 0) is 25.3 Å². The molecular weight excluding hydrogens is 293 g/mol. The Morgan fingerprint density at radius 1 is 1.32 bits per heavy atom. The van der Waals surface area contributed by atoms with E-state index in [1.165, 1.54) is 6.07 Å². The molecule has 0 aromatic carbocycles. The minimum absolute atomic E-state index is 0.0327. The molecule has 2 N–H and O–H groups in total. The lowest BCUT2D eigenvalue weighted by Crippen LogP contribution is -2.33. The van der Waals surface area contributed by atoms with E-state index in [1.54, 1.807) is 0 Å². The summed E-state index contributed by atoms with van der Waals surface area (Å²) >= 11 is 11.4. The van der Waals surface area contributed by atoms with Crippen LogP contribution in [0.2, 0.25) is 10.3 Å². The Bertz CT molecular complexity index is 524. The van der Waals surface area contributed by atoms with Gasteiger partial charge in [0.2, 0.25) is 0 Å². The summed E-state index contributed by atoms with van der Waals surface area (Å²) in [7, 11) is 0. The maximum atomic E-state index is 12.0. The van der Waals surface area contributed by atoms with Crippen molar-refractivity contribution in [2.24, 2.45) is 5.92 Å². The molecule has 0 aliphatic heterocycles. The van der Waals surface area contributed by atoms with Crippen LogP contribution in [0.25, 0.3) is 0 Å². The molecule has 0 bridgehead atoms. The van der Waals surface area contributed by atoms with E-state index in [0.29, 0.717) is 19.3 Å². The number of nitrogens with zero attached hydrogens (tertiary/aromatic N) is 2. The van der Waals surface area contributed by atoms with Crippen LogP contribution < -0.4 is 5.32 Å². The molecule has 1 fully saturated rings. The van der Waals surface area contributed by atoms with Crippen molar-refractivity contribution in [2.75, 3.05) is 0 Å². The Balaban J connectivity index is 2.02. The van der Waals surface area contributed by atoms with Gasteiger partial charge in [-0.15, -0.1) is 10.2 Å². The van der Waals surface area contributed by atoms with Gasteiger partial charge in [0, 0.05) is 6.04 Å². The number of aromatic nitrogens is 2. The van der Waals surface area contributed by atoms with Gasteiger partial charge in [0.05, 0.1) is 11.5 Å². The third-order valence-corrected chi connectivity index (χ3v) is 3.54. The second-order valence-corrected chi connectivity index (χ2v) is 5.14. The maximum Gasteiger partial charge on any atom is 0.306 e. The zero-order valence-electron chi connectivity index (χ0n) is 9.77. The molecule has 0 saturated heterocycles. The Hall–Kier alpha value is -1.40. The fraction of sp³-hybridized carbons (Fsp3) is 0.455. The van der Waals surface area contributed by atoms with Crippen molar-refractivity contribution >= 4 is 35.1 Å². The third-order valence-electron chi connectivity index (χ3n) is 3.08. The third kappa shape index (κ3) is 3.33. The van der Waals surface area contributed by atoms with Gasteiger partial charge < -0.3 is 10.4 Å². The van der Waals surface area contributed by atoms with E-state index in [1.807, 2.05) is 0 Å². The van der Waals surface area contributed by atoms with Gasteiger partial charge in [0.15, 0.2) is 10.3 Å². The second kappa shape index (κ2) is 5.71. The average Bonchev–Trinajstić information content (AvgIpc) is 2.80. The van der Waals surface area contributed by atoms with Crippen molar-refractivity contribution in [3.05, 3.63) is 21.9 Å². The molecule has 6 nitrogen and oxygen atoms in total. The van der Waals surface area contributed by atoms with Gasteiger partial charge in [0.25, 0.3) is 5.91 Å². The molecule has 1 aromatic rings. The number of halogens is 2. The molecule has 19 heavy (non-hydrogen) atoms. The van der Waals surface area contributed by atoms with Gasteiger partial charge in [-0.3, -0.25) is 9.59 Å². The normalized spacial score (nSPS) is 22.2. The van der Waals surface area contributed by atoms with E-state index < -0.39 is 17.8 Å². The van der Waals surface area contributed by atoms with Crippen molar-refractivity contribution in [3.63, 3.8) is 0 Å². The molecule has 0 unspecified atom stereocenters. The zero-order chi connectivity index (χ0) is 14.0. The van der Waals surface area contributed by atoms with Gasteiger partial charge in [-0.1, -0.05) is 23.2 Å². The molecule has 0 radical (unpaired) electrons. The largest absolute Gasteiger partial charge is 0.481 e. The number of aliphatic carboxylic acids is 1. The van der Waals surface area contributed by atoms with E-state index in [-0.39, 0.29) is 21.9 Å². The van der Waals surface area contributed by atoms with E-state index >= 15 is 0 Å². The summed E-state index contributed by atoms with van der Waals surface area (Å²) in [6, 6.07) is 1.16. The minimum Gasteiger partial charge on any atom is -0.481 e. The maximum absolute atomic E-state index is 12.0. The highest BCUT2D eigenvalue weighted by atomic mass is 35.5. The van der Waals surface area contributed by atoms with Crippen LogP contribution in [0.5, 0.6) is 0 Å². The number of hydrogen-bond donors (Lipinski definition) is 2. The fourth-order valence-corrected chi connectivity index (χ4v) is 2.44. The van der Waals surface area contributed by atoms with Crippen LogP contribution in [-0.4, -0.2) is 33.2 Å². The van der Waals surface area contributed by atoms with Crippen molar-refractivity contribution < 1.29 is 14.7 Å². The number of carbonyl (C=O) groups excluding carboxylic acids is 1. The van der Waals surface area contributed by atoms with Crippen LogP contribution in [0.15, 0.2) is 6.07 Å². The Labute approximate surface area is 119 Å². The quantitative estimate of drug-likeness (QED) is 0.888. The number of carboxylic acid groups (broad SMARTS) is 1. The van der Waals surface area contributed by atoms with E-state index in [9.17, 15) is 9.59 Å². The highest BCUT2D eigenvalue weighted by Gasteiger charge is 2.31. The molecule has 1 heterocycles. The molecule has 1 aliphatic rings. The molecule has 2 atom stereocenters. The van der Waals surface area contributed by atoms with Crippen molar-refractivity contribution in [1.29, 1.82) is 0 Å². The highest BCUT2D eigenvalue weighted by Crippen LogP contribution is 2.26. The molecule has 2 rings (SSSR count). The molecule has 1 saturated carbocycles. The molecule has 1 aliphatic carbocycles. The smallest absolute Gasteiger partial charge is 0.306 e. The van der Waals surface area contributed by atoms with Crippen LogP contribution in [0.3, 0.4) is 0 Å². The second-order valence-electron chi connectivity index (χ2n) is 4.39. The zero-order valence-corrected chi connectivity index (χ0v) is 11.3. The van der Waals surface area contributed by atoms with Gasteiger partial charge >= 0.3 is 5.97 Å². The van der Waals surface area contributed by atoms with Crippen molar-refractivity contribution in [3.8, 4) is 0 Å². The minimum atomic E-state index is -0.830. The van der Waals surface area contributed by atoms with E-state index in [4.69, 9.17) is 28.3 Å². The summed E-state index contributed by atoms with van der Waals surface area (Å²) in [6.45, 7) is 0. The van der Waals surface area contributed by atoms with Gasteiger partial charge in [0.1, 0.15) is 0 Å². The molecule has 8 heteroatoms. The van der Waals surface area contributed by atoms with Crippen LogP contribution in [0, 0.1) is 5.92 Å². The predicted octanol–water partition coefficient (Wildman–Crippen LogP) is 1.77. The SMILES string of the molecule is O=C(N[C@H]1CC[C@@H](C(=O)O)C1)c1cc(Cl)nnc1Cl. The first-order valence-electron chi connectivity index (χ1n) is 5.69. The first-order valence-corrected chi connectivity index (χ1v) is 6.45. The van der Waals surface area contributed by atoms with Gasteiger partial charge in [-0.25, -0.2) is 0 Å². The highest BCUT2D eigenvalue weighted by molar-refractivity contribution is 6.34. The molecule has 0 spiro atoms. The summed E-state index contributed by atoms with van der Waals surface area (Å²) in [5, 5.41) is 18.7. The summed E-state index contributed by atoms with van der Waals surface area (Å²) in [5.41, 5.74) is 0.139. The topological polar surface area (TPSA) is 92.2 Å².